The van der Waals surface area contributed by atoms with Crippen molar-refractivity contribution in [2.45, 2.75) is 19.4 Å². The van der Waals surface area contributed by atoms with E-state index in [1.165, 1.54) is 18.6 Å². The molecule has 130 valence electrons. The molecule has 0 bridgehead atoms. The van der Waals surface area contributed by atoms with Gasteiger partial charge >= 0.3 is 0 Å². The van der Waals surface area contributed by atoms with E-state index in [4.69, 9.17) is 4.74 Å². The van der Waals surface area contributed by atoms with E-state index < -0.39 is 0 Å². The van der Waals surface area contributed by atoms with Crippen LogP contribution in [0.2, 0.25) is 0 Å². The molecule has 0 unspecified atom stereocenters. The number of nitrogens with zero attached hydrogens (tertiary/aromatic N) is 2. The number of rotatable bonds is 6. The maximum absolute atomic E-state index is 13.1. The minimum Gasteiger partial charge on any atom is -0.364 e. The summed E-state index contributed by atoms with van der Waals surface area (Å²) in [5.74, 6) is 0.659. The van der Waals surface area contributed by atoms with Gasteiger partial charge in [-0.2, -0.15) is 0 Å². The van der Waals surface area contributed by atoms with Gasteiger partial charge in [0.1, 0.15) is 24.9 Å². The summed E-state index contributed by atoms with van der Waals surface area (Å²) in [6, 6.07) is 4.36. The number of halogens is 1. The first kappa shape index (κ1) is 16.9. The third-order valence-corrected chi connectivity index (χ3v) is 4.27. The van der Waals surface area contributed by atoms with Crippen molar-refractivity contribution in [2.24, 2.45) is 5.92 Å². The molecule has 2 aromatic rings. The van der Waals surface area contributed by atoms with E-state index in [0.29, 0.717) is 29.3 Å². The average Bonchev–Trinajstić information content (AvgIpc) is 2.95. The highest BCUT2D eigenvalue weighted by atomic mass is 19.1. The molecule has 2 heterocycles. The van der Waals surface area contributed by atoms with Crippen LogP contribution < -0.4 is 5.32 Å². The Morgan fingerprint density at radius 2 is 2.42 bits per heavy atom. The molecule has 7 heteroatoms. The molecule has 0 saturated carbocycles. The number of imidazole rings is 1. The van der Waals surface area contributed by atoms with Crippen LogP contribution in [0.3, 0.4) is 0 Å². The van der Waals surface area contributed by atoms with E-state index in [1.54, 1.807) is 6.07 Å². The van der Waals surface area contributed by atoms with Gasteiger partial charge in [0.2, 0.25) is 5.91 Å². The summed E-state index contributed by atoms with van der Waals surface area (Å²) in [7, 11) is 2.11. The van der Waals surface area contributed by atoms with Gasteiger partial charge in [0.05, 0.1) is 11.0 Å². The summed E-state index contributed by atoms with van der Waals surface area (Å²) < 4.78 is 18.5. The van der Waals surface area contributed by atoms with Crippen LogP contribution in [0.1, 0.15) is 18.7 Å². The number of piperidine rings is 1. The van der Waals surface area contributed by atoms with E-state index >= 15 is 0 Å². The number of fused-ring (bicyclic) bond motifs is 1. The third kappa shape index (κ3) is 4.52. The number of amides is 1. The van der Waals surface area contributed by atoms with Crippen molar-refractivity contribution in [3.05, 3.63) is 29.8 Å². The molecule has 0 spiro atoms. The highest BCUT2D eigenvalue weighted by Crippen LogP contribution is 2.14. The van der Waals surface area contributed by atoms with Crippen LogP contribution in [-0.2, 0) is 16.1 Å². The van der Waals surface area contributed by atoms with Crippen molar-refractivity contribution >= 4 is 16.9 Å². The SMILES string of the molecule is CN1CCC[C@H](CNC(=O)COCc2nc3ccc(F)cc3[nH]2)C1. The van der Waals surface area contributed by atoms with Gasteiger partial charge in [0.25, 0.3) is 0 Å². The zero-order valence-electron chi connectivity index (χ0n) is 13.8. The number of carbonyl (C=O) groups excluding carboxylic acids is 1. The molecule has 24 heavy (non-hydrogen) atoms. The topological polar surface area (TPSA) is 70.2 Å². The minimum atomic E-state index is -0.314. The molecule has 1 fully saturated rings. The lowest BCUT2D eigenvalue weighted by molar-refractivity contribution is -0.126. The normalized spacial score (nSPS) is 18.8. The van der Waals surface area contributed by atoms with Gasteiger partial charge in [0, 0.05) is 13.1 Å². The number of aromatic amines is 1. The van der Waals surface area contributed by atoms with Crippen LogP contribution in [0.5, 0.6) is 0 Å². The fraction of sp³-hybridized carbons (Fsp3) is 0.529. The van der Waals surface area contributed by atoms with Crippen LogP contribution in [0.4, 0.5) is 4.39 Å². The van der Waals surface area contributed by atoms with Gasteiger partial charge in [-0.3, -0.25) is 4.79 Å². The van der Waals surface area contributed by atoms with Crippen molar-refractivity contribution in [2.75, 3.05) is 33.3 Å². The van der Waals surface area contributed by atoms with Crippen LogP contribution in [0, 0.1) is 11.7 Å². The molecule has 1 amide bonds. The fourth-order valence-electron chi connectivity index (χ4n) is 3.09. The largest absolute Gasteiger partial charge is 0.364 e. The highest BCUT2D eigenvalue weighted by Gasteiger charge is 2.17. The molecule has 1 aromatic heterocycles. The fourth-order valence-corrected chi connectivity index (χ4v) is 3.09. The molecule has 1 aliphatic rings. The average molecular weight is 334 g/mol. The summed E-state index contributed by atoms with van der Waals surface area (Å²) >= 11 is 0. The van der Waals surface area contributed by atoms with Crippen molar-refractivity contribution < 1.29 is 13.9 Å². The molecule has 0 radical (unpaired) electrons. The Hall–Kier alpha value is -1.99. The quantitative estimate of drug-likeness (QED) is 0.843. The predicted octanol–water partition coefficient (Wildman–Crippen LogP) is 1.68. The first-order chi connectivity index (χ1) is 11.6. The van der Waals surface area contributed by atoms with E-state index in [-0.39, 0.29) is 24.9 Å². The lowest BCUT2D eigenvalue weighted by Crippen LogP contribution is -2.40. The van der Waals surface area contributed by atoms with Gasteiger partial charge in [-0.15, -0.1) is 0 Å². The number of H-pyrrole nitrogens is 1. The Kier molecular flexibility index (Phi) is 5.42. The number of benzene rings is 1. The number of nitrogens with one attached hydrogen (secondary N) is 2. The summed E-state index contributed by atoms with van der Waals surface area (Å²) in [6.07, 6.45) is 2.33. The second-order valence-electron chi connectivity index (χ2n) is 6.41. The number of ether oxygens (including phenoxy) is 1. The summed E-state index contributed by atoms with van der Waals surface area (Å²) in [5, 5.41) is 2.92. The highest BCUT2D eigenvalue weighted by molar-refractivity contribution is 5.77. The molecule has 0 aliphatic carbocycles. The van der Waals surface area contributed by atoms with Crippen molar-refractivity contribution in [3.8, 4) is 0 Å². The number of hydrogen-bond acceptors (Lipinski definition) is 4. The molecule has 1 atom stereocenters. The third-order valence-electron chi connectivity index (χ3n) is 4.27. The molecular formula is C17H23FN4O2. The molecule has 2 N–H and O–H groups in total. The van der Waals surface area contributed by atoms with Gasteiger partial charge in [-0.25, -0.2) is 9.37 Å². The van der Waals surface area contributed by atoms with Gasteiger partial charge in [-0.05, 0) is 50.6 Å². The van der Waals surface area contributed by atoms with Crippen molar-refractivity contribution in [1.29, 1.82) is 0 Å². The number of carbonyl (C=O) groups is 1. The first-order valence-corrected chi connectivity index (χ1v) is 8.27. The van der Waals surface area contributed by atoms with Gasteiger partial charge < -0.3 is 19.9 Å². The van der Waals surface area contributed by atoms with Crippen LogP contribution in [0.15, 0.2) is 18.2 Å². The zero-order chi connectivity index (χ0) is 16.9. The lowest BCUT2D eigenvalue weighted by Gasteiger charge is -2.29. The lowest BCUT2D eigenvalue weighted by atomic mass is 9.98. The second kappa shape index (κ2) is 7.72. The molecule has 1 aliphatic heterocycles. The first-order valence-electron chi connectivity index (χ1n) is 8.27. The van der Waals surface area contributed by atoms with Crippen LogP contribution in [-0.4, -0.2) is 54.1 Å². The smallest absolute Gasteiger partial charge is 0.246 e. The Labute approximate surface area is 140 Å². The van der Waals surface area contributed by atoms with E-state index in [2.05, 4.69) is 27.2 Å². The molecule has 3 rings (SSSR count). The maximum atomic E-state index is 13.1. The summed E-state index contributed by atoms with van der Waals surface area (Å²) in [5.41, 5.74) is 1.31. The van der Waals surface area contributed by atoms with Crippen LogP contribution in [0.25, 0.3) is 11.0 Å². The molecule has 6 nitrogen and oxygen atoms in total. The van der Waals surface area contributed by atoms with Crippen molar-refractivity contribution in [3.63, 3.8) is 0 Å². The van der Waals surface area contributed by atoms with E-state index in [1.807, 2.05) is 0 Å². The van der Waals surface area contributed by atoms with Gasteiger partial charge in [0.15, 0.2) is 0 Å². The maximum Gasteiger partial charge on any atom is 0.246 e. The number of hydrogen-bond donors (Lipinski definition) is 2. The Morgan fingerprint density at radius 1 is 1.54 bits per heavy atom. The monoisotopic (exact) mass is 334 g/mol. The Bertz CT molecular complexity index is 703. The zero-order valence-corrected chi connectivity index (χ0v) is 13.8. The predicted molar refractivity (Wildman–Crippen MR) is 88.9 cm³/mol. The van der Waals surface area contributed by atoms with E-state index in [0.717, 1.165) is 19.5 Å². The summed E-state index contributed by atoms with van der Waals surface area (Å²) in [6.45, 7) is 3.03. The molecular weight excluding hydrogens is 311 g/mol. The van der Waals surface area contributed by atoms with Crippen LogP contribution >= 0.6 is 0 Å². The standard InChI is InChI=1S/C17H23FN4O2/c1-22-6-2-3-12(9-22)8-19-17(23)11-24-10-16-20-14-5-4-13(18)7-15(14)21-16/h4-5,7,12H,2-3,6,8-11H2,1H3,(H,19,23)(H,20,21)/t12-/m1/s1. The number of likely N-dealkylation sites (tertiary alicyclic amines) is 1. The van der Waals surface area contributed by atoms with Gasteiger partial charge in [-0.1, -0.05) is 0 Å². The minimum absolute atomic E-state index is 0.00599. The Balaban J connectivity index is 1.39. The molecule has 1 saturated heterocycles. The van der Waals surface area contributed by atoms with E-state index in [9.17, 15) is 9.18 Å². The number of aromatic nitrogens is 2. The van der Waals surface area contributed by atoms with Crippen molar-refractivity contribution in [1.82, 2.24) is 20.2 Å². The Morgan fingerprint density at radius 3 is 3.25 bits per heavy atom. The summed E-state index contributed by atoms with van der Waals surface area (Å²) in [4.78, 5) is 21.4. The second-order valence-corrected chi connectivity index (χ2v) is 6.41. The molecule has 1 aromatic carbocycles.